The minimum absolute atomic E-state index is 0.150. The molecule has 1 aliphatic rings. The minimum Gasteiger partial charge on any atom is -0.493 e. The summed E-state index contributed by atoms with van der Waals surface area (Å²) in [7, 11) is 3.13. The molecule has 7 heteroatoms. The minimum atomic E-state index is -0.961. The van der Waals surface area contributed by atoms with Crippen molar-refractivity contribution < 1.29 is 34.3 Å². The summed E-state index contributed by atoms with van der Waals surface area (Å²) in [5.74, 6) is 1.48. The topological polar surface area (TPSA) is 97.6 Å². The Morgan fingerprint density at radius 3 is 2.36 bits per heavy atom. The lowest BCUT2D eigenvalue weighted by Gasteiger charge is -2.29. The largest absolute Gasteiger partial charge is 0.493 e. The van der Waals surface area contributed by atoms with E-state index in [1.54, 1.807) is 38.5 Å². The first-order valence-electron chi connectivity index (χ1n) is 9.11. The van der Waals surface area contributed by atoms with Crippen LogP contribution in [0.15, 0.2) is 36.4 Å². The van der Waals surface area contributed by atoms with Crippen molar-refractivity contribution in [1.82, 2.24) is 0 Å². The van der Waals surface area contributed by atoms with Gasteiger partial charge < -0.3 is 34.3 Å². The monoisotopic (exact) mass is 390 g/mol. The Labute approximate surface area is 164 Å². The van der Waals surface area contributed by atoms with Crippen LogP contribution in [-0.4, -0.2) is 49.5 Å². The summed E-state index contributed by atoms with van der Waals surface area (Å²) < 4.78 is 21.2. The van der Waals surface area contributed by atoms with E-state index in [4.69, 9.17) is 18.9 Å². The molecule has 2 aromatic rings. The lowest BCUT2D eigenvalue weighted by molar-refractivity contribution is 0.0124. The molecule has 0 amide bonds. The van der Waals surface area contributed by atoms with Crippen molar-refractivity contribution >= 4 is 0 Å². The number of methoxy groups -OCH3 is 2. The molecule has 0 radical (unpaired) electrons. The third kappa shape index (κ3) is 4.16. The van der Waals surface area contributed by atoms with E-state index >= 15 is 0 Å². The maximum atomic E-state index is 10.9. The first-order chi connectivity index (χ1) is 13.6. The van der Waals surface area contributed by atoms with E-state index in [1.807, 2.05) is 12.1 Å². The molecular weight excluding hydrogens is 364 g/mol. The predicted molar refractivity (Wildman–Crippen MR) is 102 cm³/mol. The second-order valence-corrected chi connectivity index (χ2v) is 6.74. The van der Waals surface area contributed by atoms with Crippen LogP contribution < -0.4 is 18.9 Å². The molecule has 2 aromatic carbocycles. The molecule has 28 heavy (non-hydrogen) atoms. The SMILES string of the molecule is COc1ccc(C[C@H](CO)[C@@H](CO)C(O)c2ccc3c(c2)OCO3)cc1OC. The van der Waals surface area contributed by atoms with Crippen LogP contribution >= 0.6 is 0 Å². The van der Waals surface area contributed by atoms with Gasteiger partial charge in [-0.3, -0.25) is 0 Å². The van der Waals surface area contributed by atoms with Crippen LogP contribution in [0.3, 0.4) is 0 Å². The Hall–Kier alpha value is -2.48. The van der Waals surface area contributed by atoms with Gasteiger partial charge in [-0.15, -0.1) is 0 Å². The zero-order valence-electron chi connectivity index (χ0n) is 16.0. The molecule has 0 aliphatic carbocycles. The van der Waals surface area contributed by atoms with Gasteiger partial charge in [0.05, 0.1) is 20.3 Å². The summed E-state index contributed by atoms with van der Waals surface area (Å²) in [5.41, 5.74) is 1.52. The maximum Gasteiger partial charge on any atom is 0.231 e. The zero-order valence-corrected chi connectivity index (χ0v) is 16.0. The van der Waals surface area contributed by atoms with Crippen molar-refractivity contribution in [3.8, 4) is 23.0 Å². The Morgan fingerprint density at radius 2 is 1.68 bits per heavy atom. The predicted octanol–water partition coefficient (Wildman–Crippen LogP) is 1.93. The van der Waals surface area contributed by atoms with Crippen LogP contribution in [0.2, 0.25) is 0 Å². The van der Waals surface area contributed by atoms with Crippen LogP contribution in [0.4, 0.5) is 0 Å². The van der Waals surface area contributed by atoms with E-state index < -0.39 is 12.0 Å². The van der Waals surface area contributed by atoms with E-state index in [9.17, 15) is 15.3 Å². The van der Waals surface area contributed by atoms with E-state index in [1.165, 1.54) is 0 Å². The third-order valence-corrected chi connectivity index (χ3v) is 5.14. The molecular formula is C21H26O7. The Kier molecular flexibility index (Phi) is 6.61. The molecule has 3 rings (SSSR count). The lowest BCUT2D eigenvalue weighted by atomic mass is 9.81. The maximum absolute atomic E-state index is 10.9. The average Bonchev–Trinajstić information content (AvgIpc) is 3.21. The molecule has 0 aromatic heterocycles. The average molecular weight is 390 g/mol. The fourth-order valence-electron chi connectivity index (χ4n) is 3.51. The molecule has 1 heterocycles. The van der Waals surface area contributed by atoms with E-state index in [2.05, 4.69) is 0 Å². The number of benzene rings is 2. The summed E-state index contributed by atoms with van der Waals surface area (Å²) in [6, 6.07) is 10.7. The fourth-order valence-corrected chi connectivity index (χ4v) is 3.51. The molecule has 152 valence electrons. The van der Waals surface area contributed by atoms with Gasteiger partial charge in [0.2, 0.25) is 6.79 Å². The van der Waals surface area contributed by atoms with E-state index in [0.717, 1.165) is 5.56 Å². The molecule has 1 unspecified atom stereocenters. The molecule has 1 aliphatic heterocycles. The van der Waals surface area contributed by atoms with Crippen molar-refractivity contribution in [2.45, 2.75) is 12.5 Å². The molecule has 3 atom stereocenters. The van der Waals surface area contributed by atoms with E-state index in [-0.39, 0.29) is 25.9 Å². The Balaban J connectivity index is 1.79. The molecule has 0 spiro atoms. The highest BCUT2D eigenvalue weighted by atomic mass is 16.7. The van der Waals surface area contributed by atoms with Crippen LogP contribution in [0, 0.1) is 11.8 Å². The van der Waals surface area contributed by atoms with Crippen molar-refractivity contribution in [3.63, 3.8) is 0 Å². The first-order valence-corrected chi connectivity index (χ1v) is 9.11. The molecule has 0 fully saturated rings. The number of aliphatic hydroxyl groups is 3. The fraction of sp³-hybridized carbons (Fsp3) is 0.429. The van der Waals surface area contributed by atoms with Crippen LogP contribution in [0.1, 0.15) is 17.2 Å². The van der Waals surface area contributed by atoms with Gasteiger partial charge in [-0.25, -0.2) is 0 Å². The van der Waals surface area contributed by atoms with Crippen LogP contribution in [0.25, 0.3) is 0 Å². The van der Waals surface area contributed by atoms with Crippen molar-refractivity contribution in [3.05, 3.63) is 47.5 Å². The molecule has 0 bridgehead atoms. The standard InChI is InChI=1S/C21H26O7/c1-25-17-5-3-13(8-19(17)26-2)7-15(10-22)16(11-23)21(24)14-4-6-18-20(9-14)28-12-27-18/h3-6,8-9,15-16,21-24H,7,10-12H2,1-2H3/t15-,16-,21?/m1/s1. The molecule has 0 saturated carbocycles. The third-order valence-electron chi connectivity index (χ3n) is 5.14. The van der Waals surface area contributed by atoms with E-state index in [0.29, 0.717) is 35.0 Å². The van der Waals surface area contributed by atoms with Crippen LogP contribution in [0.5, 0.6) is 23.0 Å². The van der Waals surface area contributed by atoms with Gasteiger partial charge >= 0.3 is 0 Å². The summed E-state index contributed by atoms with van der Waals surface area (Å²) in [6.07, 6.45) is -0.499. The second-order valence-electron chi connectivity index (χ2n) is 6.74. The summed E-state index contributed by atoms with van der Waals surface area (Å²) in [4.78, 5) is 0. The van der Waals surface area contributed by atoms with Crippen molar-refractivity contribution in [2.75, 3.05) is 34.2 Å². The van der Waals surface area contributed by atoms with Crippen molar-refractivity contribution in [2.24, 2.45) is 11.8 Å². The quantitative estimate of drug-likeness (QED) is 0.602. The van der Waals surface area contributed by atoms with Crippen molar-refractivity contribution in [1.29, 1.82) is 0 Å². The van der Waals surface area contributed by atoms with Gasteiger partial charge in [0.25, 0.3) is 0 Å². The Bertz CT molecular complexity index is 792. The molecule has 0 saturated heterocycles. The number of aliphatic hydroxyl groups excluding tert-OH is 3. The molecule has 7 nitrogen and oxygen atoms in total. The van der Waals surface area contributed by atoms with Gasteiger partial charge in [0.1, 0.15) is 0 Å². The van der Waals surface area contributed by atoms with Gasteiger partial charge in [-0.2, -0.15) is 0 Å². The number of fused-ring (bicyclic) bond motifs is 1. The number of hydrogen-bond acceptors (Lipinski definition) is 7. The first kappa shape index (κ1) is 20.3. The highest BCUT2D eigenvalue weighted by Gasteiger charge is 2.30. The molecule has 3 N–H and O–H groups in total. The van der Waals surface area contributed by atoms with Gasteiger partial charge in [0, 0.05) is 19.1 Å². The number of hydrogen-bond donors (Lipinski definition) is 3. The summed E-state index contributed by atoms with van der Waals surface area (Å²) in [6.45, 7) is -0.299. The highest BCUT2D eigenvalue weighted by Crippen LogP contribution is 2.38. The number of rotatable bonds is 9. The van der Waals surface area contributed by atoms with Gasteiger partial charge in [-0.1, -0.05) is 12.1 Å². The summed E-state index contributed by atoms with van der Waals surface area (Å²) in [5, 5.41) is 30.7. The van der Waals surface area contributed by atoms with Gasteiger partial charge in [0.15, 0.2) is 23.0 Å². The smallest absolute Gasteiger partial charge is 0.231 e. The van der Waals surface area contributed by atoms with Crippen LogP contribution in [-0.2, 0) is 6.42 Å². The zero-order chi connectivity index (χ0) is 20.1. The highest BCUT2D eigenvalue weighted by molar-refractivity contribution is 5.45. The normalized spacial score (nSPS) is 15.8. The lowest BCUT2D eigenvalue weighted by Crippen LogP contribution is -2.29. The number of ether oxygens (including phenoxy) is 4. The van der Waals surface area contributed by atoms with Gasteiger partial charge in [-0.05, 0) is 47.7 Å². The second kappa shape index (κ2) is 9.14. The Morgan fingerprint density at radius 1 is 0.929 bits per heavy atom. The summed E-state index contributed by atoms with van der Waals surface area (Å²) >= 11 is 0.